The first kappa shape index (κ1) is 19.4. The number of para-hydroxylation sites is 1. The van der Waals surface area contributed by atoms with Crippen LogP contribution in [0.1, 0.15) is 25.3 Å². The van der Waals surface area contributed by atoms with Gasteiger partial charge in [-0.25, -0.2) is 4.79 Å². The lowest BCUT2D eigenvalue weighted by Crippen LogP contribution is -2.48. The Morgan fingerprint density at radius 3 is 2.48 bits per heavy atom. The van der Waals surface area contributed by atoms with E-state index in [9.17, 15) is 18.0 Å². The molecular weight excluding hydrogens is 337 g/mol. The largest absolute Gasteiger partial charge is 0.573 e. The van der Waals surface area contributed by atoms with E-state index in [1.165, 1.54) is 18.2 Å². The minimum absolute atomic E-state index is 0.176. The van der Waals surface area contributed by atoms with Gasteiger partial charge in [0.05, 0.1) is 0 Å². The maximum Gasteiger partial charge on any atom is 0.573 e. The molecule has 1 aliphatic heterocycles. The number of alkyl halides is 3. The molecule has 5 nitrogen and oxygen atoms in total. The maximum absolute atomic E-state index is 12.4. The summed E-state index contributed by atoms with van der Waals surface area (Å²) in [5, 5.41) is 0. The summed E-state index contributed by atoms with van der Waals surface area (Å²) < 4.78 is 46.3. The molecule has 2 rings (SSSR count). The van der Waals surface area contributed by atoms with Gasteiger partial charge in [0.15, 0.2) is 0 Å². The molecule has 0 spiro atoms. The number of piperazine rings is 1. The molecule has 0 aliphatic carbocycles. The summed E-state index contributed by atoms with van der Waals surface area (Å²) in [5.74, 6) is -0.354. The summed E-state index contributed by atoms with van der Waals surface area (Å²) >= 11 is 0. The second-order valence-corrected chi connectivity index (χ2v) is 5.89. The molecule has 1 amide bonds. The van der Waals surface area contributed by atoms with Crippen LogP contribution in [-0.4, -0.2) is 55.0 Å². The summed E-state index contributed by atoms with van der Waals surface area (Å²) in [6.45, 7) is 5.56. The predicted molar refractivity (Wildman–Crippen MR) is 86.2 cm³/mol. The molecule has 0 saturated carbocycles. The van der Waals surface area contributed by atoms with E-state index >= 15 is 0 Å². The van der Waals surface area contributed by atoms with Crippen LogP contribution in [0.5, 0.6) is 5.75 Å². The van der Waals surface area contributed by atoms with Crippen molar-refractivity contribution in [1.82, 2.24) is 9.80 Å². The van der Waals surface area contributed by atoms with Crippen LogP contribution in [0.3, 0.4) is 0 Å². The van der Waals surface area contributed by atoms with Crippen LogP contribution < -0.4 is 4.74 Å². The number of hydrogen-bond donors (Lipinski definition) is 0. The lowest BCUT2D eigenvalue weighted by atomic mass is 10.2. The normalized spacial score (nSPS) is 15.9. The zero-order valence-corrected chi connectivity index (χ0v) is 14.2. The van der Waals surface area contributed by atoms with Crippen molar-refractivity contribution in [2.24, 2.45) is 0 Å². The fourth-order valence-electron chi connectivity index (χ4n) is 2.61. The first-order valence-corrected chi connectivity index (χ1v) is 8.36. The number of carbonyl (C=O) groups is 1. The fraction of sp³-hybridized carbons (Fsp3) is 0.588. The molecule has 1 fully saturated rings. The van der Waals surface area contributed by atoms with Gasteiger partial charge in [-0.15, -0.1) is 13.2 Å². The molecule has 140 valence electrons. The van der Waals surface area contributed by atoms with E-state index in [0.29, 0.717) is 13.1 Å². The lowest BCUT2D eigenvalue weighted by molar-refractivity contribution is -0.275. The third-order valence-electron chi connectivity index (χ3n) is 4.01. The van der Waals surface area contributed by atoms with Gasteiger partial charge >= 0.3 is 12.5 Å². The van der Waals surface area contributed by atoms with E-state index in [0.717, 1.165) is 32.5 Å². The first-order chi connectivity index (χ1) is 11.9. The Morgan fingerprint density at radius 2 is 1.84 bits per heavy atom. The number of nitrogens with zero attached hydrogens (tertiary/aromatic N) is 2. The van der Waals surface area contributed by atoms with Crippen LogP contribution in [0.2, 0.25) is 0 Å². The standard InChI is InChI=1S/C17H23F3N2O3/c1-2-3-8-21-9-11-22(12-10-21)16(23)24-13-14-6-4-5-7-15(14)25-17(18,19)20/h4-7H,2-3,8-13H2,1H3. The lowest BCUT2D eigenvalue weighted by Gasteiger charge is -2.34. The number of amides is 1. The van der Waals surface area contributed by atoms with Gasteiger partial charge in [0.25, 0.3) is 0 Å². The number of halogens is 3. The molecule has 1 heterocycles. The molecule has 1 aromatic rings. The number of unbranched alkanes of at least 4 members (excludes halogenated alkanes) is 1. The third-order valence-corrected chi connectivity index (χ3v) is 4.01. The summed E-state index contributed by atoms with van der Waals surface area (Å²) in [4.78, 5) is 16.0. The molecule has 0 bridgehead atoms. The third kappa shape index (κ3) is 6.45. The second kappa shape index (κ2) is 8.94. The number of benzene rings is 1. The van der Waals surface area contributed by atoms with Gasteiger partial charge in [-0.3, -0.25) is 4.90 Å². The topological polar surface area (TPSA) is 42.0 Å². The van der Waals surface area contributed by atoms with Crippen LogP contribution in [0.4, 0.5) is 18.0 Å². The highest BCUT2D eigenvalue weighted by molar-refractivity contribution is 5.67. The van der Waals surface area contributed by atoms with Gasteiger partial charge in [-0.2, -0.15) is 0 Å². The molecule has 0 unspecified atom stereocenters. The minimum Gasteiger partial charge on any atom is -0.444 e. The Bertz CT molecular complexity index is 558. The van der Waals surface area contributed by atoms with Crippen LogP contribution in [0.25, 0.3) is 0 Å². The van der Waals surface area contributed by atoms with Gasteiger partial charge < -0.3 is 14.4 Å². The highest BCUT2D eigenvalue weighted by Crippen LogP contribution is 2.26. The van der Waals surface area contributed by atoms with E-state index in [1.54, 1.807) is 11.0 Å². The highest BCUT2D eigenvalue weighted by atomic mass is 19.4. The second-order valence-electron chi connectivity index (χ2n) is 5.89. The van der Waals surface area contributed by atoms with E-state index in [2.05, 4.69) is 16.6 Å². The number of carbonyl (C=O) groups excluding carboxylic acids is 1. The van der Waals surface area contributed by atoms with Crippen molar-refractivity contribution in [2.75, 3.05) is 32.7 Å². The molecule has 0 radical (unpaired) electrons. The quantitative estimate of drug-likeness (QED) is 0.777. The van der Waals surface area contributed by atoms with Gasteiger partial charge in [0.2, 0.25) is 0 Å². The van der Waals surface area contributed by atoms with Crippen LogP contribution in [0.15, 0.2) is 24.3 Å². The van der Waals surface area contributed by atoms with Crippen molar-refractivity contribution in [3.05, 3.63) is 29.8 Å². The molecule has 1 aliphatic rings. The van der Waals surface area contributed by atoms with Gasteiger partial charge in [0.1, 0.15) is 12.4 Å². The van der Waals surface area contributed by atoms with Crippen molar-refractivity contribution < 1.29 is 27.4 Å². The van der Waals surface area contributed by atoms with E-state index in [1.807, 2.05) is 0 Å². The molecule has 1 saturated heterocycles. The van der Waals surface area contributed by atoms with Gasteiger partial charge in [-0.05, 0) is 19.0 Å². The molecule has 25 heavy (non-hydrogen) atoms. The minimum atomic E-state index is -4.78. The molecule has 0 N–H and O–H groups in total. The Balaban J connectivity index is 1.83. The molecular formula is C17H23F3N2O3. The molecule has 1 aromatic carbocycles. The Labute approximate surface area is 145 Å². The molecule has 0 aromatic heterocycles. The van der Waals surface area contributed by atoms with E-state index in [-0.39, 0.29) is 17.9 Å². The van der Waals surface area contributed by atoms with Crippen LogP contribution in [-0.2, 0) is 11.3 Å². The summed E-state index contributed by atoms with van der Waals surface area (Å²) in [6, 6.07) is 5.64. The zero-order valence-electron chi connectivity index (χ0n) is 14.2. The first-order valence-electron chi connectivity index (χ1n) is 8.36. The van der Waals surface area contributed by atoms with Crippen molar-refractivity contribution in [2.45, 2.75) is 32.7 Å². The van der Waals surface area contributed by atoms with E-state index < -0.39 is 12.5 Å². The Hall–Kier alpha value is -1.96. The summed E-state index contributed by atoms with van der Waals surface area (Å²) in [5.41, 5.74) is 0.176. The fourth-order valence-corrected chi connectivity index (χ4v) is 2.61. The van der Waals surface area contributed by atoms with E-state index in [4.69, 9.17) is 4.74 Å². The van der Waals surface area contributed by atoms with Crippen molar-refractivity contribution in [1.29, 1.82) is 0 Å². The highest BCUT2D eigenvalue weighted by Gasteiger charge is 2.32. The van der Waals surface area contributed by atoms with Gasteiger partial charge in [-0.1, -0.05) is 31.5 Å². The number of ether oxygens (including phenoxy) is 2. The zero-order chi connectivity index (χ0) is 18.3. The summed E-state index contributed by atoms with van der Waals surface area (Å²) in [7, 11) is 0. The smallest absolute Gasteiger partial charge is 0.444 e. The monoisotopic (exact) mass is 360 g/mol. The molecule has 8 heteroatoms. The Kier molecular flexibility index (Phi) is 6.92. The van der Waals surface area contributed by atoms with Crippen molar-refractivity contribution >= 4 is 6.09 Å². The maximum atomic E-state index is 12.4. The van der Waals surface area contributed by atoms with Crippen molar-refractivity contribution in [3.8, 4) is 5.75 Å². The van der Waals surface area contributed by atoms with Crippen molar-refractivity contribution in [3.63, 3.8) is 0 Å². The molecule has 0 atom stereocenters. The van der Waals surface area contributed by atoms with Crippen LogP contribution >= 0.6 is 0 Å². The average Bonchev–Trinajstić information content (AvgIpc) is 2.58. The average molecular weight is 360 g/mol. The summed E-state index contributed by atoms with van der Waals surface area (Å²) in [6.07, 6.45) is -3.05. The van der Waals surface area contributed by atoms with Crippen LogP contribution in [0, 0.1) is 0 Å². The Morgan fingerprint density at radius 1 is 1.16 bits per heavy atom. The SMILES string of the molecule is CCCCN1CCN(C(=O)OCc2ccccc2OC(F)(F)F)CC1. The van der Waals surface area contributed by atoms with Gasteiger partial charge in [0, 0.05) is 31.7 Å². The predicted octanol–water partition coefficient (Wildman–Crippen LogP) is 3.64. The number of rotatable bonds is 6. The number of hydrogen-bond acceptors (Lipinski definition) is 4.